The summed E-state index contributed by atoms with van der Waals surface area (Å²) in [6.45, 7) is 0.453. The molecule has 0 radical (unpaired) electrons. The fourth-order valence-corrected chi connectivity index (χ4v) is 3.01. The van der Waals surface area contributed by atoms with E-state index in [1.54, 1.807) is 30.3 Å². The number of ether oxygens (including phenoxy) is 2. The van der Waals surface area contributed by atoms with Gasteiger partial charge >= 0.3 is 5.97 Å². The molecule has 0 atom stereocenters. The maximum Gasteiger partial charge on any atom is 0.328 e. The molecule has 0 fully saturated rings. The first-order valence-corrected chi connectivity index (χ1v) is 9.56. The molecule has 0 saturated heterocycles. The summed E-state index contributed by atoms with van der Waals surface area (Å²) in [5, 5.41) is 10.2. The van der Waals surface area contributed by atoms with Gasteiger partial charge in [0.1, 0.15) is 13.2 Å². The van der Waals surface area contributed by atoms with Crippen LogP contribution in [0.4, 0.5) is 0 Å². The highest BCUT2D eigenvalue weighted by molar-refractivity contribution is 6.31. The van der Waals surface area contributed by atoms with E-state index in [-0.39, 0.29) is 13.2 Å². The van der Waals surface area contributed by atoms with E-state index in [9.17, 15) is 4.79 Å². The van der Waals surface area contributed by atoms with E-state index in [1.165, 1.54) is 6.08 Å². The van der Waals surface area contributed by atoms with Crippen LogP contribution in [0.15, 0.2) is 72.8 Å². The number of carboxylic acid groups (broad SMARTS) is 1. The SMILES string of the molecule is O=C(O)C=Cc1cccc(OCc2ccccc2Cl)c1OCc1ccccc1Cl. The van der Waals surface area contributed by atoms with Gasteiger partial charge in [-0.2, -0.15) is 0 Å². The van der Waals surface area contributed by atoms with Gasteiger partial charge in [-0.3, -0.25) is 0 Å². The fraction of sp³-hybridized carbons (Fsp3) is 0.0870. The van der Waals surface area contributed by atoms with E-state index in [4.69, 9.17) is 37.8 Å². The lowest BCUT2D eigenvalue weighted by atomic mass is 10.1. The normalized spacial score (nSPS) is 10.8. The molecule has 0 amide bonds. The highest BCUT2D eigenvalue weighted by atomic mass is 35.5. The molecule has 0 aliphatic carbocycles. The molecule has 0 spiro atoms. The smallest absolute Gasteiger partial charge is 0.328 e. The lowest BCUT2D eigenvalue weighted by Crippen LogP contribution is -2.03. The number of aliphatic carboxylic acids is 1. The summed E-state index contributed by atoms with van der Waals surface area (Å²) in [6.07, 6.45) is 2.52. The second-order valence-corrected chi connectivity index (χ2v) is 6.92. The van der Waals surface area contributed by atoms with E-state index >= 15 is 0 Å². The average Bonchev–Trinajstić information content (AvgIpc) is 2.71. The molecular formula is C23H18Cl2O4. The Morgan fingerprint density at radius 1 is 0.828 bits per heavy atom. The van der Waals surface area contributed by atoms with Crippen molar-refractivity contribution in [1.29, 1.82) is 0 Å². The minimum atomic E-state index is -1.05. The molecule has 6 heteroatoms. The van der Waals surface area contributed by atoms with E-state index < -0.39 is 5.97 Å². The molecule has 1 N–H and O–H groups in total. The van der Waals surface area contributed by atoms with Gasteiger partial charge in [-0.05, 0) is 24.3 Å². The number of carbonyl (C=O) groups is 1. The monoisotopic (exact) mass is 428 g/mol. The lowest BCUT2D eigenvalue weighted by Gasteiger charge is -2.16. The molecule has 0 aromatic heterocycles. The fourth-order valence-electron chi connectivity index (χ4n) is 2.63. The van der Waals surface area contributed by atoms with Gasteiger partial charge in [0, 0.05) is 32.8 Å². The summed E-state index contributed by atoms with van der Waals surface area (Å²) in [5.41, 5.74) is 2.22. The summed E-state index contributed by atoms with van der Waals surface area (Å²) < 4.78 is 11.9. The van der Waals surface area contributed by atoms with E-state index in [2.05, 4.69) is 0 Å². The number of halogens is 2. The van der Waals surface area contributed by atoms with Gasteiger partial charge in [0.2, 0.25) is 0 Å². The molecule has 3 aromatic carbocycles. The Morgan fingerprint density at radius 2 is 1.41 bits per heavy atom. The maximum atomic E-state index is 11.0. The minimum absolute atomic E-state index is 0.208. The Kier molecular flexibility index (Phi) is 7.17. The van der Waals surface area contributed by atoms with Crippen LogP contribution in [0.5, 0.6) is 11.5 Å². The number of para-hydroxylation sites is 1. The summed E-state index contributed by atoms with van der Waals surface area (Å²) in [5.74, 6) is -0.147. The molecule has 3 rings (SSSR count). The van der Waals surface area contributed by atoms with Gasteiger partial charge in [0.05, 0.1) is 0 Å². The third-order valence-electron chi connectivity index (χ3n) is 4.09. The first-order chi connectivity index (χ1) is 14.0. The summed E-state index contributed by atoms with van der Waals surface area (Å²) in [6, 6.07) is 20.0. The number of hydrogen-bond acceptors (Lipinski definition) is 3. The van der Waals surface area contributed by atoms with Crippen molar-refractivity contribution in [2.24, 2.45) is 0 Å². The van der Waals surface area contributed by atoms with Crippen molar-refractivity contribution >= 4 is 35.2 Å². The van der Waals surface area contributed by atoms with E-state index in [0.29, 0.717) is 27.1 Å². The zero-order valence-corrected chi connectivity index (χ0v) is 16.9. The standard InChI is InChI=1S/C23H18Cl2O4/c24-19-9-3-1-6-17(19)14-28-21-11-5-8-16(12-13-22(26)27)23(21)29-15-18-7-2-4-10-20(18)25/h1-13H,14-15H2,(H,26,27). The van der Waals surface area contributed by atoms with Crippen LogP contribution in [-0.4, -0.2) is 11.1 Å². The topological polar surface area (TPSA) is 55.8 Å². The highest BCUT2D eigenvalue weighted by Gasteiger charge is 2.12. The van der Waals surface area contributed by atoms with Crippen LogP contribution >= 0.6 is 23.2 Å². The largest absolute Gasteiger partial charge is 0.485 e. The van der Waals surface area contributed by atoms with Crippen LogP contribution in [0, 0.1) is 0 Å². The summed E-state index contributed by atoms with van der Waals surface area (Å²) >= 11 is 12.4. The maximum absolute atomic E-state index is 11.0. The molecular weight excluding hydrogens is 411 g/mol. The first-order valence-electron chi connectivity index (χ1n) is 8.81. The van der Waals surface area contributed by atoms with Crippen LogP contribution in [-0.2, 0) is 18.0 Å². The van der Waals surface area contributed by atoms with Crippen molar-refractivity contribution in [3.63, 3.8) is 0 Å². The quantitative estimate of drug-likeness (QED) is 0.430. The minimum Gasteiger partial charge on any atom is -0.485 e. The van der Waals surface area contributed by atoms with Crippen LogP contribution in [0.3, 0.4) is 0 Å². The van der Waals surface area contributed by atoms with Crippen LogP contribution < -0.4 is 9.47 Å². The van der Waals surface area contributed by atoms with Crippen molar-refractivity contribution in [2.75, 3.05) is 0 Å². The van der Waals surface area contributed by atoms with Crippen molar-refractivity contribution < 1.29 is 19.4 Å². The Labute approximate surface area is 178 Å². The number of carboxylic acids is 1. The molecule has 0 aliphatic rings. The number of benzene rings is 3. The third kappa shape index (κ3) is 5.76. The van der Waals surface area contributed by atoms with Crippen molar-refractivity contribution in [1.82, 2.24) is 0 Å². The highest BCUT2D eigenvalue weighted by Crippen LogP contribution is 2.34. The molecule has 4 nitrogen and oxygen atoms in total. The van der Waals surface area contributed by atoms with Crippen molar-refractivity contribution in [2.45, 2.75) is 13.2 Å². The van der Waals surface area contributed by atoms with E-state index in [1.807, 2.05) is 36.4 Å². The van der Waals surface area contributed by atoms with E-state index in [0.717, 1.165) is 17.2 Å². The second kappa shape index (κ2) is 10.0. The van der Waals surface area contributed by atoms with Crippen LogP contribution in [0.25, 0.3) is 6.08 Å². The van der Waals surface area contributed by atoms with Crippen molar-refractivity contribution in [3.8, 4) is 11.5 Å². The lowest BCUT2D eigenvalue weighted by molar-refractivity contribution is -0.131. The average molecular weight is 429 g/mol. The molecule has 148 valence electrons. The third-order valence-corrected chi connectivity index (χ3v) is 4.82. The van der Waals surface area contributed by atoms with Gasteiger partial charge in [-0.25, -0.2) is 4.79 Å². The Hall–Kier alpha value is -2.95. The number of rotatable bonds is 8. The second-order valence-electron chi connectivity index (χ2n) is 6.11. The molecule has 0 unspecified atom stereocenters. The molecule has 0 saturated carbocycles. The van der Waals surface area contributed by atoms with Gasteiger partial charge < -0.3 is 14.6 Å². The first kappa shape index (κ1) is 20.8. The predicted molar refractivity (Wildman–Crippen MR) is 115 cm³/mol. The summed E-state index contributed by atoms with van der Waals surface area (Å²) in [7, 11) is 0. The predicted octanol–water partition coefficient (Wildman–Crippen LogP) is 6.25. The Bertz CT molecular complexity index is 1030. The molecule has 0 aliphatic heterocycles. The molecule has 0 bridgehead atoms. The van der Waals surface area contributed by atoms with Crippen molar-refractivity contribution in [3.05, 3.63) is 99.5 Å². The Morgan fingerprint density at radius 3 is 2.00 bits per heavy atom. The van der Waals surface area contributed by atoms with Gasteiger partial charge in [0.25, 0.3) is 0 Å². The molecule has 3 aromatic rings. The molecule has 0 heterocycles. The Balaban J connectivity index is 1.88. The van der Waals surface area contributed by atoms with Gasteiger partial charge in [0.15, 0.2) is 11.5 Å². The zero-order valence-electron chi connectivity index (χ0n) is 15.3. The van der Waals surface area contributed by atoms with Gasteiger partial charge in [-0.15, -0.1) is 0 Å². The van der Waals surface area contributed by atoms with Gasteiger partial charge in [-0.1, -0.05) is 71.7 Å². The molecule has 29 heavy (non-hydrogen) atoms. The van der Waals surface area contributed by atoms with Crippen LogP contribution in [0.2, 0.25) is 10.0 Å². The van der Waals surface area contributed by atoms with Crippen LogP contribution in [0.1, 0.15) is 16.7 Å². The summed E-state index contributed by atoms with van der Waals surface area (Å²) in [4.78, 5) is 11.0. The zero-order chi connectivity index (χ0) is 20.6. The number of hydrogen-bond donors (Lipinski definition) is 1.